The Kier molecular flexibility index (Phi) is 9.01. The van der Waals surface area contributed by atoms with Crippen molar-refractivity contribution in [2.45, 2.75) is 18.6 Å². The van der Waals surface area contributed by atoms with E-state index in [1.54, 1.807) is 26.3 Å². The molecule has 28 heavy (non-hydrogen) atoms. The van der Waals surface area contributed by atoms with E-state index >= 15 is 0 Å². The molecular formula is C19H29F3N4O2. The molecular weight excluding hydrogens is 373 g/mol. The van der Waals surface area contributed by atoms with Gasteiger partial charge in [0.2, 0.25) is 0 Å². The number of aliphatic imine (C=N–C) groups is 1. The van der Waals surface area contributed by atoms with Crippen molar-refractivity contribution in [1.29, 1.82) is 0 Å². The van der Waals surface area contributed by atoms with Gasteiger partial charge in [-0.25, -0.2) is 0 Å². The SMILES string of the molecule is CN=C(NCCCOC)NCC(c1ccc(C(F)(F)F)cc1)N1CCOCC1. The number of benzene rings is 1. The third kappa shape index (κ3) is 6.96. The van der Waals surface area contributed by atoms with Gasteiger partial charge in [-0.3, -0.25) is 9.89 Å². The average molecular weight is 402 g/mol. The minimum Gasteiger partial charge on any atom is -0.385 e. The van der Waals surface area contributed by atoms with Gasteiger partial charge >= 0.3 is 6.18 Å². The minimum atomic E-state index is -4.33. The van der Waals surface area contributed by atoms with Crippen molar-refractivity contribution < 1.29 is 22.6 Å². The summed E-state index contributed by atoms with van der Waals surface area (Å²) < 4.78 is 49.1. The fourth-order valence-electron chi connectivity index (χ4n) is 3.08. The van der Waals surface area contributed by atoms with Crippen LogP contribution in [0.2, 0.25) is 0 Å². The highest BCUT2D eigenvalue weighted by atomic mass is 19.4. The summed E-state index contributed by atoms with van der Waals surface area (Å²) in [6.45, 7) is 4.58. The van der Waals surface area contributed by atoms with Crippen LogP contribution in [0.25, 0.3) is 0 Å². The molecule has 1 heterocycles. The van der Waals surface area contributed by atoms with Gasteiger partial charge in [-0.2, -0.15) is 13.2 Å². The minimum absolute atomic E-state index is 0.0799. The van der Waals surface area contributed by atoms with Gasteiger partial charge in [-0.1, -0.05) is 12.1 Å². The molecule has 1 atom stereocenters. The lowest BCUT2D eigenvalue weighted by Gasteiger charge is -2.35. The molecule has 0 radical (unpaired) electrons. The Balaban J connectivity index is 2.05. The van der Waals surface area contributed by atoms with Crippen LogP contribution < -0.4 is 10.6 Å². The molecule has 9 heteroatoms. The first-order valence-corrected chi connectivity index (χ1v) is 9.38. The zero-order chi connectivity index (χ0) is 20.4. The average Bonchev–Trinajstić information content (AvgIpc) is 2.70. The summed E-state index contributed by atoms with van der Waals surface area (Å²) in [7, 11) is 3.34. The molecule has 0 aromatic heterocycles. The first-order chi connectivity index (χ1) is 13.5. The predicted octanol–water partition coefficient (Wildman–Crippen LogP) is 2.28. The van der Waals surface area contributed by atoms with Gasteiger partial charge in [0.15, 0.2) is 5.96 Å². The number of ether oxygens (including phenoxy) is 2. The summed E-state index contributed by atoms with van der Waals surface area (Å²) in [4.78, 5) is 6.42. The van der Waals surface area contributed by atoms with Gasteiger partial charge in [0.25, 0.3) is 0 Å². The van der Waals surface area contributed by atoms with Gasteiger partial charge in [0.05, 0.1) is 24.8 Å². The van der Waals surface area contributed by atoms with Gasteiger partial charge in [0, 0.05) is 46.9 Å². The van der Waals surface area contributed by atoms with Gasteiger partial charge in [-0.05, 0) is 24.1 Å². The van der Waals surface area contributed by atoms with Crippen molar-refractivity contribution >= 4 is 5.96 Å². The standard InChI is InChI=1S/C19H29F3N4O2/c1-23-18(24-8-3-11-27-2)25-14-17(26-9-12-28-13-10-26)15-4-6-16(7-5-15)19(20,21)22/h4-7,17H,3,8-14H2,1-2H3,(H2,23,24,25). The number of hydrogen-bond acceptors (Lipinski definition) is 4. The molecule has 0 spiro atoms. The van der Waals surface area contributed by atoms with Crippen LogP contribution in [0.4, 0.5) is 13.2 Å². The van der Waals surface area contributed by atoms with E-state index in [0.29, 0.717) is 32.3 Å². The lowest BCUT2D eigenvalue weighted by molar-refractivity contribution is -0.137. The van der Waals surface area contributed by atoms with E-state index in [1.165, 1.54) is 0 Å². The van der Waals surface area contributed by atoms with Crippen LogP contribution in [0.1, 0.15) is 23.6 Å². The first-order valence-electron chi connectivity index (χ1n) is 9.38. The van der Waals surface area contributed by atoms with Crippen molar-refractivity contribution in [3.63, 3.8) is 0 Å². The summed E-state index contributed by atoms with van der Waals surface area (Å²) in [6, 6.07) is 5.31. The second-order valence-electron chi connectivity index (χ2n) is 6.51. The third-order valence-corrected chi connectivity index (χ3v) is 4.61. The second kappa shape index (κ2) is 11.2. The third-order valence-electron chi connectivity index (χ3n) is 4.61. The highest BCUT2D eigenvalue weighted by molar-refractivity contribution is 5.79. The van der Waals surface area contributed by atoms with E-state index in [2.05, 4.69) is 20.5 Å². The molecule has 2 N–H and O–H groups in total. The fourth-order valence-corrected chi connectivity index (χ4v) is 3.08. The number of halogens is 3. The van der Waals surface area contributed by atoms with E-state index in [9.17, 15) is 13.2 Å². The van der Waals surface area contributed by atoms with Crippen LogP contribution in [-0.4, -0.2) is 71.0 Å². The Hall–Kier alpha value is -1.84. The van der Waals surface area contributed by atoms with Gasteiger partial charge in [-0.15, -0.1) is 0 Å². The van der Waals surface area contributed by atoms with E-state index < -0.39 is 11.7 Å². The number of nitrogens with one attached hydrogen (secondary N) is 2. The summed E-state index contributed by atoms with van der Waals surface area (Å²) in [5.74, 6) is 0.654. The Morgan fingerprint density at radius 3 is 2.46 bits per heavy atom. The van der Waals surface area contributed by atoms with Crippen LogP contribution in [0.3, 0.4) is 0 Å². The zero-order valence-corrected chi connectivity index (χ0v) is 16.4. The topological polar surface area (TPSA) is 58.1 Å². The number of alkyl halides is 3. The number of rotatable bonds is 8. The molecule has 1 aliphatic heterocycles. The molecule has 2 rings (SSSR count). The van der Waals surface area contributed by atoms with Crippen molar-refractivity contribution in [3.05, 3.63) is 35.4 Å². The highest BCUT2D eigenvalue weighted by Gasteiger charge is 2.31. The molecule has 0 aliphatic carbocycles. The maximum absolute atomic E-state index is 12.9. The van der Waals surface area contributed by atoms with Crippen LogP contribution in [-0.2, 0) is 15.7 Å². The molecule has 0 amide bonds. The Morgan fingerprint density at radius 1 is 1.21 bits per heavy atom. The number of morpholine rings is 1. The number of guanidine groups is 1. The smallest absolute Gasteiger partial charge is 0.385 e. The number of nitrogens with zero attached hydrogens (tertiary/aromatic N) is 2. The van der Waals surface area contributed by atoms with Crippen molar-refractivity contribution in [2.24, 2.45) is 4.99 Å². The molecule has 1 aromatic carbocycles. The molecule has 1 aromatic rings. The van der Waals surface area contributed by atoms with Crippen LogP contribution in [0, 0.1) is 0 Å². The molecule has 1 saturated heterocycles. The van der Waals surface area contributed by atoms with Crippen molar-refractivity contribution in [3.8, 4) is 0 Å². The summed E-state index contributed by atoms with van der Waals surface area (Å²) in [5.41, 5.74) is 0.192. The molecule has 1 unspecified atom stereocenters. The molecule has 1 aliphatic rings. The monoisotopic (exact) mass is 402 g/mol. The van der Waals surface area contributed by atoms with Crippen LogP contribution >= 0.6 is 0 Å². The lowest BCUT2D eigenvalue weighted by Crippen LogP contribution is -2.46. The summed E-state index contributed by atoms with van der Waals surface area (Å²) in [5, 5.41) is 6.49. The summed E-state index contributed by atoms with van der Waals surface area (Å²) in [6.07, 6.45) is -3.48. The van der Waals surface area contributed by atoms with E-state index in [0.717, 1.165) is 43.8 Å². The predicted molar refractivity (Wildman–Crippen MR) is 102 cm³/mol. The molecule has 6 nitrogen and oxygen atoms in total. The molecule has 0 saturated carbocycles. The Morgan fingerprint density at radius 2 is 1.89 bits per heavy atom. The zero-order valence-electron chi connectivity index (χ0n) is 16.4. The maximum Gasteiger partial charge on any atom is 0.416 e. The largest absolute Gasteiger partial charge is 0.416 e. The van der Waals surface area contributed by atoms with E-state index in [-0.39, 0.29) is 6.04 Å². The normalized spacial score (nSPS) is 17.4. The highest BCUT2D eigenvalue weighted by Crippen LogP contribution is 2.31. The number of hydrogen-bond donors (Lipinski definition) is 2. The molecule has 1 fully saturated rings. The van der Waals surface area contributed by atoms with E-state index in [4.69, 9.17) is 9.47 Å². The quantitative estimate of drug-likeness (QED) is 0.397. The summed E-state index contributed by atoms with van der Waals surface area (Å²) >= 11 is 0. The molecule has 158 valence electrons. The van der Waals surface area contributed by atoms with Crippen LogP contribution in [0.15, 0.2) is 29.3 Å². The van der Waals surface area contributed by atoms with Gasteiger partial charge < -0.3 is 20.1 Å². The number of methoxy groups -OCH3 is 1. The van der Waals surface area contributed by atoms with Crippen LogP contribution in [0.5, 0.6) is 0 Å². The first kappa shape index (κ1) is 22.4. The second-order valence-corrected chi connectivity index (χ2v) is 6.51. The van der Waals surface area contributed by atoms with E-state index in [1.807, 2.05) is 0 Å². The van der Waals surface area contributed by atoms with Gasteiger partial charge in [0.1, 0.15) is 0 Å². The van der Waals surface area contributed by atoms with Crippen molar-refractivity contribution in [2.75, 3.05) is 60.2 Å². The molecule has 0 bridgehead atoms. The lowest BCUT2D eigenvalue weighted by atomic mass is 10.0. The fraction of sp³-hybridized carbons (Fsp3) is 0.632. The Bertz CT molecular complexity index is 602. The maximum atomic E-state index is 12.9. The Labute approximate surface area is 164 Å². The van der Waals surface area contributed by atoms with Crippen molar-refractivity contribution in [1.82, 2.24) is 15.5 Å².